The molecule has 0 radical (unpaired) electrons. The van der Waals surface area contributed by atoms with E-state index >= 15 is 0 Å². The van der Waals surface area contributed by atoms with Gasteiger partial charge in [-0.05, 0) is 38.2 Å². The van der Waals surface area contributed by atoms with Crippen LogP contribution < -0.4 is 15.0 Å². The van der Waals surface area contributed by atoms with Gasteiger partial charge in [-0.15, -0.1) is 0 Å². The molecular formula is C24H26ClFN4O3. The van der Waals surface area contributed by atoms with Gasteiger partial charge < -0.3 is 24.6 Å². The first-order valence-electron chi connectivity index (χ1n) is 10.7. The molecular weight excluding hydrogens is 447 g/mol. The van der Waals surface area contributed by atoms with Crippen molar-refractivity contribution in [3.63, 3.8) is 0 Å². The van der Waals surface area contributed by atoms with Gasteiger partial charge in [0.15, 0.2) is 0 Å². The smallest absolute Gasteiger partial charge is 0.341 e. The predicted molar refractivity (Wildman–Crippen MR) is 129 cm³/mol. The van der Waals surface area contributed by atoms with Crippen molar-refractivity contribution in [1.29, 1.82) is 0 Å². The van der Waals surface area contributed by atoms with E-state index in [2.05, 4.69) is 27.1 Å². The molecule has 0 atom stereocenters. The summed E-state index contributed by atoms with van der Waals surface area (Å²) in [5.74, 6) is -0.253. The van der Waals surface area contributed by atoms with Crippen LogP contribution in [0.5, 0.6) is 5.75 Å². The van der Waals surface area contributed by atoms with Gasteiger partial charge in [0, 0.05) is 43.8 Å². The third-order valence-electron chi connectivity index (χ3n) is 5.70. The van der Waals surface area contributed by atoms with Gasteiger partial charge in [0.2, 0.25) is 0 Å². The van der Waals surface area contributed by atoms with Crippen molar-refractivity contribution in [2.75, 3.05) is 57.2 Å². The summed E-state index contributed by atoms with van der Waals surface area (Å²) >= 11 is 6.27. The number of nitrogens with zero attached hydrogens (tertiary/aromatic N) is 3. The number of hydrogen-bond acceptors (Lipinski definition) is 7. The van der Waals surface area contributed by atoms with Gasteiger partial charge in [-0.2, -0.15) is 0 Å². The lowest BCUT2D eigenvalue weighted by atomic mass is 10.1. The molecule has 1 N–H and O–H groups in total. The lowest BCUT2D eigenvalue weighted by Crippen LogP contribution is -2.44. The number of fused-ring (bicyclic) bond motifs is 1. The molecule has 174 valence electrons. The first-order chi connectivity index (χ1) is 15.9. The number of hydrogen-bond donors (Lipinski definition) is 1. The Kier molecular flexibility index (Phi) is 6.85. The zero-order valence-electron chi connectivity index (χ0n) is 18.8. The van der Waals surface area contributed by atoms with Crippen LogP contribution in [-0.4, -0.2) is 62.8 Å². The average molecular weight is 473 g/mol. The quantitative estimate of drug-likeness (QED) is 0.521. The van der Waals surface area contributed by atoms with Gasteiger partial charge >= 0.3 is 5.97 Å². The van der Waals surface area contributed by atoms with E-state index in [1.165, 1.54) is 24.4 Å². The number of aromatic nitrogens is 1. The average Bonchev–Trinajstić information content (AvgIpc) is 2.80. The second kappa shape index (κ2) is 9.80. The van der Waals surface area contributed by atoms with E-state index in [9.17, 15) is 9.18 Å². The van der Waals surface area contributed by atoms with E-state index in [0.717, 1.165) is 31.9 Å². The number of nitrogens with one attached hydrogen (secondary N) is 1. The highest BCUT2D eigenvalue weighted by Gasteiger charge is 2.23. The fraction of sp³-hybridized carbons (Fsp3) is 0.333. The van der Waals surface area contributed by atoms with Crippen molar-refractivity contribution in [2.45, 2.75) is 6.92 Å². The maximum Gasteiger partial charge on any atom is 0.341 e. The molecule has 33 heavy (non-hydrogen) atoms. The van der Waals surface area contributed by atoms with E-state index in [0.29, 0.717) is 28.0 Å². The van der Waals surface area contributed by atoms with Crippen molar-refractivity contribution in [3.05, 3.63) is 52.9 Å². The number of benzene rings is 2. The number of pyridine rings is 1. The summed E-state index contributed by atoms with van der Waals surface area (Å²) in [6.45, 7) is 5.51. The van der Waals surface area contributed by atoms with E-state index in [4.69, 9.17) is 21.1 Å². The second-order valence-electron chi connectivity index (χ2n) is 7.85. The maximum absolute atomic E-state index is 13.6. The summed E-state index contributed by atoms with van der Waals surface area (Å²) in [7, 11) is 3.73. The predicted octanol–water partition coefficient (Wildman–Crippen LogP) is 4.71. The minimum absolute atomic E-state index is 0.197. The van der Waals surface area contributed by atoms with Crippen LogP contribution in [0.3, 0.4) is 0 Å². The number of esters is 1. The molecule has 1 aromatic heterocycles. The Morgan fingerprint density at radius 2 is 1.97 bits per heavy atom. The molecule has 9 heteroatoms. The summed E-state index contributed by atoms with van der Waals surface area (Å²) in [6, 6.07) is 7.88. The lowest BCUT2D eigenvalue weighted by molar-refractivity contribution is 0.0527. The molecule has 2 heterocycles. The van der Waals surface area contributed by atoms with E-state index in [1.807, 2.05) is 12.1 Å². The Balaban J connectivity index is 1.89. The molecule has 0 saturated carbocycles. The van der Waals surface area contributed by atoms with Gasteiger partial charge in [-0.1, -0.05) is 11.6 Å². The first kappa shape index (κ1) is 23.1. The Labute approximate surface area is 197 Å². The second-order valence-corrected chi connectivity index (χ2v) is 8.26. The van der Waals surface area contributed by atoms with Crippen LogP contribution in [0, 0.1) is 5.82 Å². The van der Waals surface area contributed by atoms with Crippen molar-refractivity contribution in [1.82, 2.24) is 9.88 Å². The largest absolute Gasteiger partial charge is 0.495 e. The molecule has 1 fully saturated rings. The van der Waals surface area contributed by atoms with Gasteiger partial charge in [-0.25, -0.2) is 9.18 Å². The number of methoxy groups -OCH3 is 1. The summed E-state index contributed by atoms with van der Waals surface area (Å²) in [5, 5.41) is 4.12. The number of ether oxygens (including phenoxy) is 2. The molecule has 7 nitrogen and oxygen atoms in total. The minimum Gasteiger partial charge on any atom is -0.495 e. The Morgan fingerprint density at radius 3 is 2.64 bits per heavy atom. The normalized spacial score (nSPS) is 14.4. The third kappa shape index (κ3) is 4.82. The number of halogens is 2. The van der Waals surface area contributed by atoms with E-state index in [-0.39, 0.29) is 17.2 Å². The van der Waals surface area contributed by atoms with Gasteiger partial charge in [0.1, 0.15) is 17.1 Å². The highest BCUT2D eigenvalue weighted by atomic mass is 35.5. The van der Waals surface area contributed by atoms with Crippen molar-refractivity contribution < 1.29 is 18.7 Å². The monoisotopic (exact) mass is 472 g/mol. The molecule has 1 aliphatic rings. The Morgan fingerprint density at radius 1 is 1.21 bits per heavy atom. The summed E-state index contributed by atoms with van der Waals surface area (Å²) in [5.41, 5.74) is 2.77. The first-order valence-corrected chi connectivity index (χ1v) is 11.1. The van der Waals surface area contributed by atoms with Crippen LogP contribution in [-0.2, 0) is 4.74 Å². The van der Waals surface area contributed by atoms with Crippen LogP contribution in [0.1, 0.15) is 17.3 Å². The SMILES string of the molecule is CCOC(=O)c1cnc2cc(OC)c(N3CCN(C)CC3)cc2c1Nc1ccc(F)cc1Cl. The molecule has 1 aliphatic heterocycles. The standard InChI is InChI=1S/C24H26ClFN4O3/c1-4-33-24(31)17-14-27-20-13-22(32-3)21(30-9-7-29(2)8-10-30)12-16(20)23(17)28-19-6-5-15(26)11-18(19)25/h5-6,11-14H,4,7-10H2,1-3H3,(H,27,28). The summed E-state index contributed by atoms with van der Waals surface area (Å²) < 4.78 is 24.5. The summed E-state index contributed by atoms with van der Waals surface area (Å²) in [4.78, 5) is 21.8. The van der Waals surface area contributed by atoms with Crippen LogP contribution >= 0.6 is 11.6 Å². The van der Waals surface area contributed by atoms with Crippen LogP contribution in [0.4, 0.5) is 21.5 Å². The molecule has 1 saturated heterocycles. The lowest BCUT2D eigenvalue weighted by Gasteiger charge is -2.35. The molecule has 0 amide bonds. The summed E-state index contributed by atoms with van der Waals surface area (Å²) in [6.07, 6.45) is 1.47. The van der Waals surface area contributed by atoms with Gasteiger partial charge in [0.25, 0.3) is 0 Å². The molecule has 0 spiro atoms. The van der Waals surface area contributed by atoms with Crippen molar-refractivity contribution >= 4 is 45.5 Å². The van der Waals surface area contributed by atoms with E-state index in [1.54, 1.807) is 14.0 Å². The molecule has 2 aromatic carbocycles. The molecule has 0 aliphatic carbocycles. The maximum atomic E-state index is 13.6. The minimum atomic E-state index is -0.510. The third-order valence-corrected chi connectivity index (χ3v) is 6.01. The number of likely N-dealkylation sites (N-methyl/N-ethyl adjacent to an activating group) is 1. The fourth-order valence-corrected chi connectivity index (χ4v) is 4.10. The number of carbonyl (C=O) groups is 1. The Hall–Kier alpha value is -3.10. The zero-order chi connectivity index (χ0) is 23.5. The molecule has 3 aromatic rings. The number of carbonyl (C=O) groups excluding carboxylic acids is 1. The van der Waals surface area contributed by atoms with Gasteiger partial charge in [-0.3, -0.25) is 4.98 Å². The van der Waals surface area contributed by atoms with E-state index < -0.39 is 11.8 Å². The molecule has 0 unspecified atom stereocenters. The van der Waals surface area contributed by atoms with Crippen molar-refractivity contribution in [2.24, 2.45) is 0 Å². The number of rotatable bonds is 6. The number of anilines is 3. The van der Waals surface area contributed by atoms with Crippen LogP contribution in [0.15, 0.2) is 36.5 Å². The fourth-order valence-electron chi connectivity index (χ4n) is 3.89. The molecule has 4 rings (SSSR count). The highest BCUT2D eigenvalue weighted by molar-refractivity contribution is 6.33. The highest BCUT2D eigenvalue weighted by Crippen LogP contribution is 2.39. The van der Waals surface area contributed by atoms with Crippen LogP contribution in [0.25, 0.3) is 10.9 Å². The van der Waals surface area contributed by atoms with Gasteiger partial charge in [0.05, 0.1) is 41.3 Å². The zero-order valence-corrected chi connectivity index (χ0v) is 19.6. The Bertz CT molecular complexity index is 1180. The molecule has 0 bridgehead atoms. The van der Waals surface area contributed by atoms with Crippen molar-refractivity contribution in [3.8, 4) is 5.75 Å². The van der Waals surface area contributed by atoms with Crippen LogP contribution in [0.2, 0.25) is 5.02 Å². The topological polar surface area (TPSA) is 66.9 Å². The number of piperazine rings is 1.